The van der Waals surface area contributed by atoms with Crippen LogP contribution in [0.5, 0.6) is 11.5 Å². The predicted octanol–water partition coefficient (Wildman–Crippen LogP) is 4.88. The molecule has 2 heterocycles. The molecule has 1 unspecified atom stereocenters. The number of benzene rings is 1. The van der Waals surface area contributed by atoms with E-state index in [1.807, 2.05) is 17.6 Å². The molecule has 2 aromatic rings. The Bertz CT molecular complexity index is 902. The van der Waals surface area contributed by atoms with Gasteiger partial charge in [0.1, 0.15) is 28.6 Å². The Morgan fingerprint density at radius 3 is 2.79 bits per heavy atom. The summed E-state index contributed by atoms with van der Waals surface area (Å²) in [5.74, 6) is 1.08. The number of hydrogen-bond acceptors (Lipinski definition) is 4. The number of aryl methyl sites for hydroxylation is 1. The lowest BCUT2D eigenvalue weighted by atomic mass is 9.77. The minimum Gasteiger partial charge on any atom is -0.497 e. The van der Waals surface area contributed by atoms with Gasteiger partial charge in [-0.2, -0.15) is 0 Å². The number of carbonyl (C=O) groups is 1. The van der Waals surface area contributed by atoms with Crippen LogP contribution in [0.25, 0.3) is 0 Å². The second-order valence-corrected chi connectivity index (χ2v) is 8.08. The van der Waals surface area contributed by atoms with Crippen molar-refractivity contribution in [1.29, 1.82) is 0 Å². The van der Waals surface area contributed by atoms with Gasteiger partial charge < -0.3 is 19.1 Å². The van der Waals surface area contributed by atoms with Crippen LogP contribution < -0.4 is 9.47 Å². The van der Waals surface area contributed by atoms with Gasteiger partial charge in [0.15, 0.2) is 0 Å². The van der Waals surface area contributed by atoms with Gasteiger partial charge in [-0.3, -0.25) is 0 Å². The standard InChI is InChI=1S/C21H25ClN2O4/c1-3-18-23-12-16(20(25)26)24(18)15-11-21(7-5-4-6-8-21)28-17-10-13(27-2)9-14(22)19(15)17/h9-10,12,15H,3-8,11H2,1-2H3,(H,25,26). The monoisotopic (exact) mass is 404 g/mol. The van der Waals surface area contributed by atoms with E-state index in [1.165, 1.54) is 12.6 Å². The largest absolute Gasteiger partial charge is 0.497 e. The zero-order chi connectivity index (χ0) is 19.9. The Morgan fingerprint density at radius 1 is 1.39 bits per heavy atom. The number of carboxylic acid groups (broad SMARTS) is 1. The van der Waals surface area contributed by atoms with Crippen molar-refractivity contribution in [2.24, 2.45) is 0 Å². The van der Waals surface area contributed by atoms with Gasteiger partial charge in [0.05, 0.1) is 24.4 Å². The van der Waals surface area contributed by atoms with Crippen LogP contribution in [-0.4, -0.2) is 33.3 Å². The molecule has 1 aromatic heterocycles. The topological polar surface area (TPSA) is 73.6 Å². The number of nitrogens with zero attached hydrogens (tertiary/aromatic N) is 2. The fraction of sp³-hybridized carbons (Fsp3) is 0.524. The molecule has 1 aliphatic heterocycles. The van der Waals surface area contributed by atoms with Crippen LogP contribution >= 0.6 is 11.6 Å². The number of imidazole rings is 1. The van der Waals surface area contributed by atoms with Crippen LogP contribution in [0.4, 0.5) is 0 Å². The van der Waals surface area contributed by atoms with Crippen molar-refractivity contribution in [3.05, 3.63) is 40.4 Å². The van der Waals surface area contributed by atoms with Crippen molar-refractivity contribution in [2.45, 2.75) is 63.5 Å². The normalized spacial score (nSPS) is 20.5. The van der Waals surface area contributed by atoms with Crippen molar-refractivity contribution in [3.8, 4) is 11.5 Å². The highest BCUT2D eigenvalue weighted by Gasteiger charge is 2.44. The van der Waals surface area contributed by atoms with E-state index in [0.29, 0.717) is 29.4 Å². The summed E-state index contributed by atoms with van der Waals surface area (Å²) in [5.41, 5.74) is 0.692. The van der Waals surface area contributed by atoms with Gasteiger partial charge in [-0.15, -0.1) is 0 Å². The highest BCUT2D eigenvalue weighted by molar-refractivity contribution is 6.31. The Labute approximate surface area is 169 Å². The third kappa shape index (κ3) is 3.13. The molecule has 1 N–H and O–H groups in total. The molecule has 1 aromatic carbocycles. The van der Waals surface area contributed by atoms with Crippen LogP contribution in [0.3, 0.4) is 0 Å². The molecule has 1 aliphatic carbocycles. The Morgan fingerprint density at radius 2 is 2.14 bits per heavy atom. The fourth-order valence-electron chi connectivity index (χ4n) is 4.71. The maximum Gasteiger partial charge on any atom is 0.354 e. The molecule has 1 saturated carbocycles. The van der Waals surface area contributed by atoms with E-state index in [4.69, 9.17) is 21.1 Å². The van der Waals surface area contributed by atoms with Crippen molar-refractivity contribution in [1.82, 2.24) is 9.55 Å². The fourth-order valence-corrected chi connectivity index (χ4v) is 5.04. The first-order valence-electron chi connectivity index (χ1n) is 9.84. The lowest BCUT2D eigenvalue weighted by molar-refractivity contribution is -0.00301. The van der Waals surface area contributed by atoms with E-state index in [1.54, 1.807) is 13.2 Å². The molecule has 28 heavy (non-hydrogen) atoms. The number of aromatic carboxylic acids is 1. The van der Waals surface area contributed by atoms with E-state index in [-0.39, 0.29) is 17.3 Å². The third-order valence-electron chi connectivity index (χ3n) is 6.01. The summed E-state index contributed by atoms with van der Waals surface area (Å²) in [6.07, 6.45) is 8.10. The molecule has 0 saturated heterocycles. The smallest absolute Gasteiger partial charge is 0.354 e. The second kappa shape index (κ2) is 7.32. The molecular weight excluding hydrogens is 380 g/mol. The average Bonchev–Trinajstić information content (AvgIpc) is 3.11. The number of fused-ring (bicyclic) bond motifs is 1. The van der Waals surface area contributed by atoms with Crippen molar-refractivity contribution in [2.75, 3.05) is 7.11 Å². The first-order valence-corrected chi connectivity index (χ1v) is 10.2. The Balaban J connectivity index is 1.92. The van der Waals surface area contributed by atoms with Crippen LogP contribution in [0, 0.1) is 0 Å². The molecule has 1 atom stereocenters. The van der Waals surface area contributed by atoms with E-state index in [0.717, 1.165) is 37.1 Å². The number of hydrogen-bond donors (Lipinski definition) is 1. The zero-order valence-electron chi connectivity index (χ0n) is 16.2. The summed E-state index contributed by atoms with van der Waals surface area (Å²) >= 11 is 6.65. The molecule has 7 heteroatoms. The van der Waals surface area contributed by atoms with Gasteiger partial charge in [-0.1, -0.05) is 24.9 Å². The molecule has 4 rings (SSSR count). The quantitative estimate of drug-likeness (QED) is 0.786. The van der Waals surface area contributed by atoms with Gasteiger partial charge in [0.25, 0.3) is 0 Å². The minimum atomic E-state index is -0.984. The predicted molar refractivity (Wildman–Crippen MR) is 106 cm³/mol. The summed E-state index contributed by atoms with van der Waals surface area (Å²) in [7, 11) is 1.60. The number of methoxy groups -OCH3 is 1. The third-order valence-corrected chi connectivity index (χ3v) is 6.32. The molecule has 0 bridgehead atoms. The number of rotatable bonds is 4. The molecule has 0 radical (unpaired) electrons. The minimum absolute atomic E-state index is 0.188. The Kier molecular flexibility index (Phi) is 5.00. The van der Waals surface area contributed by atoms with Gasteiger partial charge >= 0.3 is 5.97 Å². The second-order valence-electron chi connectivity index (χ2n) is 7.68. The van der Waals surface area contributed by atoms with E-state index in [9.17, 15) is 9.90 Å². The number of halogens is 1. The Hall–Kier alpha value is -2.21. The molecule has 6 nitrogen and oxygen atoms in total. The van der Waals surface area contributed by atoms with Gasteiger partial charge in [0.2, 0.25) is 0 Å². The van der Waals surface area contributed by atoms with E-state index >= 15 is 0 Å². The molecule has 1 fully saturated rings. The highest BCUT2D eigenvalue weighted by atomic mass is 35.5. The molecule has 2 aliphatic rings. The van der Waals surface area contributed by atoms with Gasteiger partial charge in [-0.05, 0) is 31.7 Å². The molecule has 150 valence electrons. The van der Waals surface area contributed by atoms with Crippen molar-refractivity contribution >= 4 is 17.6 Å². The maximum atomic E-state index is 11.9. The first kappa shape index (κ1) is 19.1. The van der Waals surface area contributed by atoms with Crippen LogP contribution in [0.15, 0.2) is 18.3 Å². The SMILES string of the molecule is CCc1ncc(C(=O)O)n1C1CC2(CCCCC2)Oc2cc(OC)cc(Cl)c21. The maximum absolute atomic E-state index is 11.9. The average molecular weight is 405 g/mol. The zero-order valence-corrected chi connectivity index (χ0v) is 17.0. The first-order chi connectivity index (χ1) is 13.5. The molecule has 0 amide bonds. The number of aromatic nitrogens is 2. The summed E-state index contributed by atoms with van der Waals surface area (Å²) in [6, 6.07) is 3.40. The highest BCUT2D eigenvalue weighted by Crippen LogP contribution is 2.51. The van der Waals surface area contributed by atoms with Crippen LogP contribution in [0.2, 0.25) is 5.02 Å². The van der Waals surface area contributed by atoms with Gasteiger partial charge in [-0.25, -0.2) is 9.78 Å². The van der Waals surface area contributed by atoms with Crippen LogP contribution in [-0.2, 0) is 6.42 Å². The number of carboxylic acids is 1. The molecule has 1 spiro atoms. The summed E-state index contributed by atoms with van der Waals surface area (Å²) < 4.78 is 13.8. The summed E-state index contributed by atoms with van der Waals surface area (Å²) in [4.78, 5) is 16.3. The van der Waals surface area contributed by atoms with E-state index in [2.05, 4.69) is 4.98 Å². The number of ether oxygens (including phenoxy) is 2. The van der Waals surface area contributed by atoms with Crippen molar-refractivity contribution < 1.29 is 19.4 Å². The lowest BCUT2D eigenvalue weighted by Crippen LogP contribution is -2.44. The summed E-state index contributed by atoms with van der Waals surface area (Å²) in [6.45, 7) is 1.98. The van der Waals surface area contributed by atoms with Crippen LogP contribution in [0.1, 0.15) is 73.4 Å². The lowest BCUT2D eigenvalue weighted by Gasteiger charge is -2.45. The van der Waals surface area contributed by atoms with E-state index < -0.39 is 5.97 Å². The summed E-state index contributed by atoms with van der Waals surface area (Å²) in [5, 5.41) is 10.3. The van der Waals surface area contributed by atoms with Crippen molar-refractivity contribution in [3.63, 3.8) is 0 Å². The molecular formula is C21H25ClN2O4. The van der Waals surface area contributed by atoms with Gasteiger partial charge in [0, 0.05) is 24.5 Å².